The Labute approximate surface area is 151 Å². The van der Waals surface area contributed by atoms with Gasteiger partial charge in [0.1, 0.15) is 22.2 Å². The van der Waals surface area contributed by atoms with Crippen LogP contribution in [0.2, 0.25) is 0 Å². The summed E-state index contributed by atoms with van der Waals surface area (Å²) >= 11 is 0. The van der Waals surface area contributed by atoms with Crippen molar-refractivity contribution in [1.82, 2.24) is 4.72 Å². The molecule has 0 aliphatic heterocycles. The number of hydrogen-bond donors (Lipinski definition) is 3. The van der Waals surface area contributed by atoms with E-state index in [2.05, 4.69) is 9.71 Å². The molecule has 0 saturated heterocycles. The normalized spacial score (nSPS) is 11.9. The summed E-state index contributed by atoms with van der Waals surface area (Å²) in [4.78, 5) is 2.44. The zero-order chi connectivity index (χ0) is 19.2. The maximum Gasteiger partial charge on any atom is 0.356 e. The lowest BCUT2D eigenvalue weighted by molar-refractivity contribution is -0.459. The van der Waals surface area contributed by atoms with Crippen LogP contribution in [-0.4, -0.2) is 35.1 Å². The molecular weight excluding hydrogens is 361 g/mol. The molecule has 0 spiro atoms. The molecule has 0 aliphatic carbocycles. The molecule has 0 aliphatic rings. The number of nitrogens with one attached hydrogen (secondary N) is 2. The van der Waals surface area contributed by atoms with Gasteiger partial charge in [0, 0.05) is 6.42 Å². The SMILES string of the molecule is COc1ccc(CC[NH+]=C(N)NS(=O)(=O)c2cc(F)ccc2OC)cc1. The summed E-state index contributed by atoms with van der Waals surface area (Å²) in [7, 11) is -1.20. The molecule has 4 N–H and O–H groups in total. The van der Waals surface area contributed by atoms with Crippen LogP contribution >= 0.6 is 0 Å². The molecule has 9 heteroatoms. The van der Waals surface area contributed by atoms with Crippen molar-refractivity contribution in [3.63, 3.8) is 0 Å². The Morgan fingerprint density at radius 1 is 1.15 bits per heavy atom. The summed E-state index contributed by atoms with van der Waals surface area (Å²) < 4.78 is 50.3. The van der Waals surface area contributed by atoms with Gasteiger partial charge in [0.15, 0.2) is 0 Å². The Bertz CT molecular complexity index is 883. The molecule has 2 aromatic carbocycles. The van der Waals surface area contributed by atoms with E-state index in [-0.39, 0.29) is 16.6 Å². The lowest BCUT2D eigenvalue weighted by Crippen LogP contribution is -2.79. The number of halogens is 1. The summed E-state index contributed by atoms with van der Waals surface area (Å²) in [5, 5.41) is 0. The van der Waals surface area contributed by atoms with Crippen LogP contribution in [-0.2, 0) is 16.4 Å². The maximum atomic E-state index is 13.4. The second-order valence-electron chi connectivity index (χ2n) is 5.34. The zero-order valence-corrected chi connectivity index (χ0v) is 15.3. The Morgan fingerprint density at radius 3 is 2.46 bits per heavy atom. The van der Waals surface area contributed by atoms with Gasteiger partial charge >= 0.3 is 16.0 Å². The lowest BCUT2D eigenvalue weighted by Gasteiger charge is -2.08. The van der Waals surface area contributed by atoms with Crippen molar-refractivity contribution in [3.05, 3.63) is 53.8 Å². The number of hydrogen-bond acceptors (Lipinski definition) is 4. The minimum atomic E-state index is -4.08. The van der Waals surface area contributed by atoms with E-state index in [1.165, 1.54) is 13.2 Å². The van der Waals surface area contributed by atoms with Gasteiger partial charge in [-0.05, 0) is 35.9 Å². The van der Waals surface area contributed by atoms with Crippen LogP contribution in [0, 0.1) is 5.82 Å². The van der Waals surface area contributed by atoms with Crippen LogP contribution in [0.4, 0.5) is 4.39 Å². The van der Waals surface area contributed by atoms with Crippen LogP contribution in [0.1, 0.15) is 5.56 Å². The van der Waals surface area contributed by atoms with E-state index in [9.17, 15) is 12.8 Å². The molecule has 2 rings (SSSR count). The molecule has 0 heterocycles. The van der Waals surface area contributed by atoms with Gasteiger partial charge in [-0.2, -0.15) is 13.1 Å². The van der Waals surface area contributed by atoms with E-state index in [4.69, 9.17) is 15.2 Å². The molecule has 0 fully saturated rings. The second kappa shape index (κ2) is 8.52. The molecule has 0 aromatic heterocycles. The van der Waals surface area contributed by atoms with Gasteiger partial charge in [0.25, 0.3) is 0 Å². The van der Waals surface area contributed by atoms with Crippen LogP contribution in [0.25, 0.3) is 0 Å². The molecule has 0 radical (unpaired) electrons. The van der Waals surface area contributed by atoms with Gasteiger partial charge < -0.3 is 9.47 Å². The van der Waals surface area contributed by atoms with E-state index >= 15 is 0 Å². The van der Waals surface area contributed by atoms with Gasteiger partial charge in [-0.25, -0.2) is 4.39 Å². The van der Waals surface area contributed by atoms with Gasteiger partial charge in [0.05, 0.1) is 20.8 Å². The van der Waals surface area contributed by atoms with Crippen molar-refractivity contribution in [3.8, 4) is 11.5 Å². The number of ether oxygens (including phenoxy) is 2. The molecule has 0 amide bonds. The first kappa shape index (κ1) is 19.5. The Kier molecular flexibility index (Phi) is 6.40. The third-order valence-corrected chi connectivity index (χ3v) is 4.93. The third-order valence-electron chi connectivity index (χ3n) is 3.55. The highest BCUT2D eigenvalue weighted by Gasteiger charge is 2.24. The molecule has 2 aromatic rings. The van der Waals surface area contributed by atoms with E-state index < -0.39 is 15.8 Å². The van der Waals surface area contributed by atoms with Crippen LogP contribution in [0.3, 0.4) is 0 Å². The predicted octanol–water partition coefficient (Wildman–Crippen LogP) is -0.241. The summed E-state index contributed by atoms with van der Waals surface area (Å²) in [6, 6.07) is 10.7. The molecule has 140 valence electrons. The minimum Gasteiger partial charge on any atom is -0.497 e. The van der Waals surface area contributed by atoms with Gasteiger partial charge in [-0.3, -0.25) is 10.7 Å². The van der Waals surface area contributed by atoms with E-state index in [0.717, 1.165) is 23.4 Å². The number of benzene rings is 2. The fourth-order valence-corrected chi connectivity index (χ4v) is 3.39. The first-order chi connectivity index (χ1) is 12.4. The summed E-state index contributed by atoms with van der Waals surface area (Å²) in [6.07, 6.45) is 0.621. The van der Waals surface area contributed by atoms with E-state index in [1.54, 1.807) is 7.11 Å². The second-order valence-corrected chi connectivity index (χ2v) is 6.99. The number of guanidine groups is 1. The van der Waals surface area contributed by atoms with Crippen molar-refractivity contribution >= 4 is 16.0 Å². The average Bonchev–Trinajstić information content (AvgIpc) is 2.62. The molecular formula is C17H21FN3O4S+. The number of rotatable bonds is 7. The van der Waals surface area contributed by atoms with Crippen LogP contribution < -0.4 is 24.9 Å². The van der Waals surface area contributed by atoms with Crippen molar-refractivity contribution in [2.24, 2.45) is 5.73 Å². The van der Waals surface area contributed by atoms with E-state index in [1.807, 2.05) is 24.3 Å². The van der Waals surface area contributed by atoms with Crippen molar-refractivity contribution in [2.75, 3.05) is 20.8 Å². The summed E-state index contributed by atoms with van der Waals surface area (Å²) in [5.74, 6) is -0.0865. The van der Waals surface area contributed by atoms with Crippen molar-refractivity contribution < 1.29 is 27.3 Å². The average molecular weight is 382 g/mol. The molecule has 7 nitrogen and oxygen atoms in total. The number of sulfonamides is 1. The van der Waals surface area contributed by atoms with Gasteiger partial charge in [-0.1, -0.05) is 12.1 Å². The largest absolute Gasteiger partial charge is 0.497 e. The van der Waals surface area contributed by atoms with Crippen molar-refractivity contribution in [2.45, 2.75) is 11.3 Å². The molecule has 0 saturated carbocycles. The first-order valence-corrected chi connectivity index (χ1v) is 9.19. The van der Waals surface area contributed by atoms with Gasteiger partial charge in [-0.15, -0.1) is 0 Å². The van der Waals surface area contributed by atoms with Crippen molar-refractivity contribution in [1.29, 1.82) is 0 Å². The molecule has 0 bridgehead atoms. The highest BCUT2D eigenvalue weighted by Crippen LogP contribution is 2.23. The first-order valence-electron chi connectivity index (χ1n) is 7.71. The number of methoxy groups -OCH3 is 2. The quantitative estimate of drug-likeness (QED) is 0.453. The Morgan fingerprint density at radius 2 is 1.85 bits per heavy atom. The Balaban J connectivity index is 2.04. The van der Waals surface area contributed by atoms with E-state index in [0.29, 0.717) is 13.0 Å². The van der Waals surface area contributed by atoms with Gasteiger partial charge in [0.2, 0.25) is 0 Å². The molecule has 0 unspecified atom stereocenters. The standard InChI is InChI=1S/C17H20FN3O4S/c1-24-14-6-3-12(4-7-14)9-10-20-17(19)21-26(22,23)16-11-13(18)5-8-15(16)25-2/h3-8,11H,9-10H2,1-2H3,(H3,19,20,21)/p+1. The summed E-state index contributed by atoms with van der Waals surface area (Å²) in [6.45, 7) is 0.404. The smallest absolute Gasteiger partial charge is 0.356 e. The fourth-order valence-electron chi connectivity index (χ4n) is 2.23. The highest BCUT2D eigenvalue weighted by atomic mass is 32.2. The topological polar surface area (TPSA) is 105 Å². The molecule has 0 atom stereocenters. The predicted molar refractivity (Wildman–Crippen MR) is 95.0 cm³/mol. The maximum absolute atomic E-state index is 13.4. The summed E-state index contributed by atoms with van der Waals surface area (Å²) in [5.41, 5.74) is 6.73. The zero-order valence-electron chi connectivity index (χ0n) is 14.5. The third kappa shape index (κ3) is 5.09. The van der Waals surface area contributed by atoms with Crippen LogP contribution in [0.15, 0.2) is 47.4 Å². The molecule has 26 heavy (non-hydrogen) atoms. The lowest BCUT2D eigenvalue weighted by atomic mass is 10.1. The van der Waals surface area contributed by atoms with Crippen LogP contribution in [0.5, 0.6) is 11.5 Å². The number of nitrogens with two attached hydrogens (primary N) is 1. The monoisotopic (exact) mass is 382 g/mol. The highest BCUT2D eigenvalue weighted by molar-refractivity contribution is 7.90. The fraction of sp³-hybridized carbons (Fsp3) is 0.235. The Hall–Kier alpha value is -2.81. The minimum absolute atomic E-state index is 0.0185.